The highest BCUT2D eigenvalue weighted by Crippen LogP contribution is 2.45. The number of likely N-dealkylation sites (tertiary alicyclic amines) is 1. The van der Waals surface area contributed by atoms with Crippen LogP contribution >= 0.6 is 11.8 Å². The van der Waals surface area contributed by atoms with Gasteiger partial charge in [-0.25, -0.2) is 4.98 Å². The Kier molecular flexibility index (Phi) is 5.21. The lowest BCUT2D eigenvalue weighted by atomic mass is 9.81. The van der Waals surface area contributed by atoms with Crippen LogP contribution in [0, 0.1) is 0 Å². The number of carbonyl (C=O) groups excluding carboxylic acids is 1. The zero-order valence-electron chi connectivity index (χ0n) is 16.5. The van der Waals surface area contributed by atoms with E-state index in [1.807, 2.05) is 42.3 Å². The van der Waals surface area contributed by atoms with E-state index in [-0.39, 0.29) is 16.9 Å². The number of amides is 1. The minimum absolute atomic E-state index is 0.146. The van der Waals surface area contributed by atoms with Crippen LogP contribution in [0.4, 0.5) is 5.69 Å². The Morgan fingerprint density at radius 1 is 1.21 bits per heavy atom. The maximum absolute atomic E-state index is 12.7. The van der Waals surface area contributed by atoms with Crippen LogP contribution in [0.2, 0.25) is 0 Å². The van der Waals surface area contributed by atoms with E-state index < -0.39 is 0 Å². The summed E-state index contributed by atoms with van der Waals surface area (Å²) in [6, 6.07) is 11.9. The second kappa shape index (κ2) is 7.64. The normalized spacial score (nSPS) is 19.5. The van der Waals surface area contributed by atoms with Gasteiger partial charge < -0.3 is 15.0 Å². The number of rotatable bonds is 5. The molecule has 0 radical (unpaired) electrons. The second-order valence-corrected chi connectivity index (χ2v) is 8.22. The maximum atomic E-state index is 12.7. The van der Waals surface area contributed by atoms with Crippen LogP contribution in [0.3, 0.4) is 0 Å². The van der Waals surface area contributed by atoms with Crippen molar-refractivity contribution in [3.05, 3.63) is 53.7 Å². The van der Waals surface area contributed by atoms with Crippen molar-refractivity contribution < 1.29 is 9.53 Å². The predicted molar refractivity (Wildman–Crippen MR) is 113 cm³/mol. The van der Waals surface area contributed by atoms with E-state index in [0.29, 0.717) is 5.88 Å². The van der Waals surface area contributed by atoms with Crippen molar-refractivity contribution in [3.63, 3.8) is 0 Å². The van der Waals surface area contributed by atoms with Gasteiger partial charge >= 0.3 is 0 Å². The quantitative estimate of drug-likeness (QED) is 0.781. The lowest BCUT2D eigenvalue weighted by molar-refractivity contribution is 0.0376. The first-order valence-electron chi connectivity index (χ1n) is 9.50. The molecule has 6 nitrogen and oxygen atoms in total. The summed E-state index contributed by atoms with van der Waals surface area (Å²) >= 11 is 1.77. The van der Waals surface area contributed by atoms with Crippen LogP contribution in [-0.2, 0) is 5.54 Å². The molecular weight excluding hydrogens is 372 g/mol. The third-order valence-electron chi connectivity index (χ3n) is 6.02. The van der Waals surface area contributed by atoms with E-state index in [1.54, 1.807) is 25.1 Å². The van der Waals surface area contributed by atoms with E-state index in [9.17, 15) is 4.79 Å². The summed E-state index contributed by atoms with van der Waals surface area (Å²) in [6.45, 7) is 1.85. The fourth-order valence-electron chi connectivity index (χ4n) is 4.39. The number of anilines is 1. The number of nitrogens with zero attached hydrogens (tertiary/aromatic N) is 3. The van der Waals surface area contributed by atoms with Gasteiger partial charge in [0.25, 0.3) is 5.91 Å². The molecule has 1 aromatic carbocycles. The molecule has 28 heavy (non-hydrogen) atoms. The Morgan fingerprint density at radius 3 is 2.61 bits per heavy atom. The molecule has 148 valence electrons. The lowest BCUT2D eigenvalue weighted by Crippen LogP contribution is -2.53. The molecule has 7 heteroatoms. The van der Waals surface area contributed by atoms with Gasteiger partial charge in [0.1, 0.15) is 5.50 Å². The van der Waals surface area contributed by atoms with E-state index in [1.165, 1.54) is 5.56 Å². The van der Waals surface area contributed by atoms with Crippen LogP contribution < -0.4 is 10.1 Å². The molecule has 2 aliphatic rings. The van der Waals surface area contributed by atoms with Gasteiger partial charge in [-0.1, -0.05) is 18.2 Å². The molecular formula is C21H26N4O2S. The monoisotopic (exact) mass is 398 g/mol. The largest absolute Gasteiger partial charge is 0.481 e. The number of carbonyl (C=O) groups is 1. The molecule has 1 amide bonds. The van der Waals surface area contributed by atoms with E-state index >= 15 is 0 Å². The van der Waals surface area contributed by atoms with Gasteiger partial charge in [-0.05, 0) is 36.8 Å². The van der Waals surface area contributed by atoms with Gasteiger partial charge in [-0.15, -0.1) is 11.8 Å². The van der Waals surface area contributed by atoms with Crippen molar-refractivity contribution in [3.8, 4) is 5.88 Å². The summed E-state index contributed by atoms with van der Waals surface area (Å²) in [7, 11) is 3.57. The second-order valence-electron chi connectivity index (χ2n) is 7.30. The highest BCUT2D eigenvalue weighted by Gasteiger charge is 2.49. The van der Waals surface area contributed by atoms with E-state index in [4.69, 9.17) is 4.74 Å². The van der Waals surface area contributed by atoms with Gasteiger partial charge in [0, 0.05) is 31.8 Å². The van der Waals surface area contributed by atoms with Gasteiger partial charge in [-0.3, -0.25) is 9.69 Å². The highest BCUT2D eigenvalue weighted by molar-refractivity contribution is 7.99. The van der Waals surface area contributed by atoms with Crippen molar-refractivity contribution in [1.82, 2.24) is 14.8 Å². The first-order chi connectivity index (χ1) is 13.6. The smallest absolute Gasteiger partial charge is 0.254 e. The van der Waals surface area contributed by atoms with Crippen LogP contribution in [-0.4, -0.2) is 59.7 Å². The van der Waals surface area contributed by atoms with E-state index in [2.05, 4.69) is 27.5 Å². The first-order valence-corrected chi connectivity index (χ1v) is 10.8. The Morgan fingerprint density at radius 2 is 1.96 bits per heavy atom. The number of pyridine rings is 1. The number of piperidine rings is 1. The number of fused-ring (bicyclic) bond motifs is 2. The van der Waals surface area contributed by atoms with Crippen molar-refractivity contribution in [2.24, 2.45) is 0 Å². The zero-order chi connectivity index (χ0) is 19.7. The molecule has 0 bridgehead atoms. The maximum Gasteiger partial charge on any atom is 0.254 e. The molecule has 1 spiro atoms. The Hall–Kier alpha value is -2.25. The number of nitrogens with one attached hydrogen (secondary N) is 1. The van der Waals surface area contributed by atoms with Gasteiger partial charge in [-0.2, -0.15) is 0 Å². The standard InChI is InChI=1S/C21H26N4O2S/c1-24-19(26)16-6-4-5-7-17(16)21(24)10-12-25(13-11-21)20(28-3)23-15-8-9-18(27-2)22-14-15/h4-9,14,20,23H,10-13H2,1-3H3. The summed E-state index contributed by atoms with van der Waals surface area (Å²) in [5, 5.41) is 3.56. The molecule has 1 aromatic heterocycles. The zero-order valence-corrected chi connectivity index (χ0v) is 17.3. The van der Waals surface area contributed by atoms with Crippen LogP contribution in [0.1, 0.15) is 28.8 Å². The topological polar surface area (TPSA) is 57.7 Å². The number of thioether (sulfide) groups is 1. The Labute approximate surface area is 170 Å². The molecule has 0 aliphatic carbocycles. The fourth-order valence-corrected chi connectivity index (χ4v) is 5.16. The molecule has 1 unspecified atom stereocenters. The van der Waals surface area contributed by atoms with Crippen LogP contribution in [0.5, 0.6) is 5.88 Å². The van der Waals surface area contributed by atoms with Crippen molar-refractivity contribution >= 4 is 23.4 Å². The van der Waals surface area contributed by atoms with Crippen molar-refractivity contribution in [1.29, 1.82) is 0 Å². The molecule has 2 aromatic rings. The molecule has 1 N–H and O–H groups in total. The Balaban J connectivity index is 1.47. The minimum atomic E-state index is -0.172. The van der Waals surface area contributed by atoms with Crippen LogP contribution in [0.25, 0.3) is 0 Å². The van der Waals surface area contributed by atoms with Gasteiger partial charge in [0.2, 0.25) is 5.88 Å². The average Bonchev–Trinajstić information content (AvgIpc) is 2.96. The average molecular weight is 399 g/mol. The highest BCUT2D eigenvalue weighted by atomic mass is 32.2. The minimum Gasteiger partial charge on any atom is -0.481 e. The molecule has 0 saturated carbocycles. The number of ether oxygens (including phenoxy) is 1. The molecule has 3 heterocycles. The van der Waals surface area contributed by atoms with Gasteiger partial charge in [0.05, 0.1) is 24.5 Å². The summed E-state index contributed by atoms with van der Waals surface area (Å²) in [6.07, 6.45) is 5.78. The SMILES string of the molecule is COc1ccc(NC(SC)N2CCC3(CC2)c2ccccc2C(=O)N3C)cn1. The fraction of sp³-hybridized carbons (Fsp3) is 0.429. The number of aromatic nitrogens is 1. The molecule has 1 fully saturated rings. The molecule has 1 saturated heterocycles. The van der Waals surface area contributed by atoms with Gasteiger partial charge in [0.15, 0.2) is 0 Å². The Bertz CT molecular complexity index is 850. The van der Waals surface area contributed by atoms with Crippen molar-refractivity contribution in [2.45, 2.75) is 23.9 Å². The summed E-state index contributed by atoms with van der Waals surface area (Å²) in [5.41, 5.74) is 3.01. The van der Waals surface area contributed by atoms with Crippen LogP contribution in [0.15, 0.2) is 42.6 Å². The first kappa shape index (κ1) is 19.1. The van der Waals surface area contributed by atoms with E-state index in [0.717, 1.165) is 37.2 Å². The van der Waals surface area contributed by atoms with Crippen molar-refractivity contribution in [2.75, 3.05) is 38.8 Å². The molecule has 2 aliphatic heterocycles. The molecule has 1 atom stereocenters. The summed E-state index contributed by atoms with van der Waals surface area (Å²) < 4.78 is 5.13. The summed E-state index contributed by atoms with van der Waals surface area (Å²) in [5.74, 6) is 0.756. The number of hydrogen-bond acceptors (Lipinski definition) is 6. The number of hydrogen-bond donors (Lipinski definition) is 1. The summed E-state index contributed by atoms with van der Waals surface area (Å²) in [4.78, 5) is 21.4. The predicted octanol–water partition coefficient (Wildman–Crippen LogP) is 3.23. The molecule has 4 rings (SSSR count). The lowest BCUT2D eigenvalue weighted by Gasteiger charge is -2.46. The number of benzene rings is 1. The third-order valence-corrected chi connectivity index (χ3v) is 6.88. The third kappa shape index (κ3) is 3.12. The number of methoxy groups -OCH3 is 1.